The lowest BCUT2D eigenvalue weighted by Gasteiger charge is -2.13. The van der Waals surface area contributed by atoms with Gasteiger partial charge in [0.2, 0.25) is 0 Å². The van der Waals surface area contributed by atoms with Gasteiger partial charge in [-0.2, -0.15) is 27.2 Å². The van der Waals surface area contributed by atoms with Crippen LogP contribution in [0.2, 0.25) is 0 Å². The van der Waals surface area contributed by atoms with Gasteiger partial charge in [-0.05, 0) is 23.9 Å². The third-order valence-electron chi connectivity index (χ3n) is 2.03. The summed E-state index contributed by atoms with van der Waals surface area (Å²) in [6, 6.07) is 2.77. The molecule has 0 saturated carbocycles. The Hall–Kier alpha value is -2.02. The first-order chi connectivity index (χ1) is 9.67. The Morgan fingerprint density at radius 2 is 2.00 bits per heavy atom. The van der Waals surface area contributed by atoms with E-state index in [-0.39, 0.29) is 0 Å². The molecule has 0 saturated heterocycles. The molecule has 0 radical (unpaired) electrons. The summed E-state index contributed by atoms with van der Waals surface area (Å²) in [5, 5.41) is 8.82. The minimum atomic E-state index is -4.68. The number of nitrogens with zero attached hydrogens (tertiary/aromatic N) is 1. The zero-order valence-electron chi connectivity index (χ0n) is 10.2. The zero-order chi connectivity index (χ0) is 16.2. The Morgan fingerprint density at radius 3 is 2.43 bits per heavy atom. The molecule has 0 unspecified atom stereocenters. The van der Waals surface area contributed by atoms with Crippen molar-refractivity contribution in [3.05, 3.63) is 23.3 Å². The van der Waals surface area contributed by atoms with Crippen LogP contribution in [-0.4, -0.2) is 25.2 Å². The maximum Gasteiger partial charge on any atom is 0.446 e. The largest absolute Gasteiger partial charge is 0.465 e. The Balaban J connectivity index is 3.43. The molecule has 0 amide bonds. The molecule has 0 spiro atoms. The number of hydrogen-bond donors (Lipinski definition) is 0. The van der Waals surface area contributed by atoms with E-state index in [9.17, 15) is 26.7 Å². The van der Waals surface area contributed by atoms with Crippen molar-refractivity contribution in [3.8, 4) is 11.8 Å². The van der Waals surface area contributed by atoms with Gasteiger partial charge in [-0.25, -0.2) is 4.79 Å². The molecule has 0 aromatic heterocycles. The van der Waals surface area contributed by atoms with E-state index in [1.165, 1.54) is 6.07 Å². The van der Waals surface area contributed by atoms with Crippen LogP contribution in [0.1, 0.15) is 15.9 Å². The lowest BCUT2D eigenvalue weighted by atomic mass is 10.1. The number of hydrogen-bond acceptors (Lipinski definition) is 5. The maximum atomic E-state index is 12.3. The Morgan fingerprint density at radius 1 is 1.38 bits per heavy atom. The molecule has 1 aromatic rings. The van der Waals surface area contributed by atoms with Crippen molar-refractivity contribution in [2.75, 3.05) is 7.11 Å². The first-order valence-corrected chi connectivity index (χ1v) is 5.86. The van der Waals surface area contributed by atoms with Crippen LogP contribution in [0, 0.1) is 11.3 Å². The van der Waals surface area contributed by atoms with E-state index in [1.54, 1.807) is 0 Å². The van der Waals surface area contributed by atoms with Crippen LogP contribution in [0.25, 0.3) is 0 Å². The fraction of sp³-hybridized carbons (Fsp3) is 0.273. The second-order valence-electron chi connectivity index (χ2n) is 3.38. The first-order valence-electron chi connectivity index (χ1n) is 5.05. The number of carbonyl (C=O) groups excluding carboxylic acids is 1. The number of benzene rings is 1. The lowest BCUT2D eigenvalue weighted by molar-refractivity contribution is -0.0507. The van der Waals surface area contributed by atoms with Crippen LogP contribution in [-0.2, 0) is 4.74 Å². The normalized spacial score (nSPS) is 11.1. The number of halogens is 5. The van der Waals surface area contributed by atoms with E-state index in [0.29, 0.717) is 12.1 Å². The molecule has 0 atom stereocenters. The predicted molar refractivity (Wildman–Crippen MR) is 61.0 cm³/mol. The van der Waals surface area contributed by atoms with Crippen LogP contribution >= 0.6 is 11.8 Å². The molecule has 0 bridgehead atoms. The molecule has 0 aliphatic rings. The molecular weight excluding hydrogens is 321 g/mol. The van der Waals surface area contributed by atoms with Gasteiger partial charge in [-0.1, -0.05) is 0 Å². The molecule has 0 aliphatic carbocycles. The van der Waals surface area contributed by atoms with Crippen molar-refractivity contribution in [1.82, 2.24) is 0 Å². The number of nitriles is 1. The van der Waals surface area contributed by atoms with Crippen molar-refractivity contribution < 1.29 is 36.2 Å². The third kappa shape index (κ3) is 4.78. The third-order valence-corrected chi connectivity index (χ3v) is 2.73. The number of ether oxygens (including phenoxy) is 2. The SMILES string of the molecule is COC(=O)c1cc(SC(F)(F)F)cc(C#N)c1OC(F)F. The van der Waals surface area contributed by atoms with Crippen LogP contribution in [0.4, 0.5) is 22.0 Å². The van der Waals surface area contributed by atoms with Gasteiger partial charge in [0.25, 0.3) is 0 Å². The predicted octanol–water partition coefficient (Wildman–Crippen LogP) is 3.56. The van der Waals surface area contributed by atoms with Crippen molar-refractivity contribution >= 4 is 17.7 Å². The summed E-state index contributed by atoms with van der Waals surface area (Å²) in [5.41, 5.74) is -6.00. The van der Waals surface area contributed by atoms with Gasteiger partial charge in [0, 0.05) is 4.90 Å². The highest BCUT2D eigenvalue weighted by Gasteiger charge is 2.31. The summed E-state index contributed by atoms with van der Waals surface area (Å²) in [6.07, 6.45) is 0. The lowest BCUT2D eigenvalue weighted by Crippen LogP contribution is -2.11. The Labute approximate surface area is 119 Å². The van der Waals surface area contributed by atoms with E-state index in [2.05, 4.69) is 9.47 Å². The van der Waals surface area contributed by atoms with Crippen molar-refractivity contribution in [3.63, 3.8) is 0 Å². The van der Waals surface area contributed by atoms with E-state index in [0.717, 1.165) is 7.11 Å². The van der Waals surface area contributed by atoms with Crippen molar-refractivity contribution in [2.45, 2.75) is 17.0 Å². The monoisotopic (exact) mass is 327 g/mol. The van der Waals surface area contributed by atoms with Crippen LogP contribution in [0.5, 0.6) is 5.75 Å². The zero-order valence-corrected chi connectivity index (χ0v) is 11.0. The molecule has 4 nitrogen and oxygen atoms in total. The summed E-state index contributed by atoms with van der Waals surface area (Å²) >= 11 is -0.602. The summed E-state index contributed by atoms with van der Waals surface area (Å²) in [7, 11) is 0.907. The molecule has 0 aliphatic heterocycles. The van der Waals surface area contributed by atoms with Gasteiger partial charge in [0.15, 0.2) is 5.75 Å². The quantitative estimate of drug-likeness (QED) is 0.481. The van der Waals surface area contributed by atoms with Crippen LogP contribution in [0.15, 0.2) is 17.0 Å². The van der Waals surface area contributed by atoms with E-state index < -0.39 is 51.6 Å². The van der Waals surface area contributed by atoms with Gasteiger partial charge in [-0.3, -0.25) is 0 Å². The van der Waals surface area contributed by atoms with E-state index in [4.69, 9.17) is 5.26 Å². The summed E-state index contributed by atoms with van der Waals surface area (Å²) in [5.74, 6) is -2.03. The van der Waals surface area contributed by atoms with Gasteiger partial charge in [0.1, 0.15) is 11.6 Å². The molecule has 1 aromatic carbocycles. The van der Waals surface area contributed by atoms with E-state index >= 15 is 0 Å². The highest BCUT2D eigenvalue weighted by atomic mass is 32.2. The average molecular weight is 327 g/mol. The topological polar surface area (TPSA) is 59.3 Å². The highest BCUT2D eigenvalue weighted by Crippen LogP contribution is 2.40. The fourth-order valence-electron chi connectivity index (χ4n) is 1.36. The molecule has 21 heavy (non-hydrogen) atoms. The van der Waals surface area contributed by atoms with Crippen LogP contribution in [0.3, 0.4) is 0 Å². The smallest absolute Gasteiger partial charge is 0.446 e. The molecule has 1 rings (SSSR count). The summed E-state index contributed by atoms with van der Waals surface area (Å²) in [6.45, 7) is -3.36. The fourth-order valence-corrected chi connectivity index (χ4v) is 1.98. The van der Waals surface area contributed by atoms with Crippen LogP contribution < -0.4 is 4.74 Å². The first kappa shape index (κ1) is 17.0. The number of rotatable bonds is 4. The maximum absolute atomic E-state index is 12.3. The minimum absolute atomic E-state index is 0.527. The van der Waals surface area contributed by atoms with E-state index in [1.807, 2.05) is 0 Å². The molecule has 0 fully saturated rings. The summed E-state index contributed by atoms with van der Waals surface area (Å²) < 4.78 is 69.8. The summed E-state index contributed by atoms with van der Waals surface area (Å²) in [4.78, 5) is 10.9. The van der Waals surface area contributed by atoms with Gasteiger partial charge >= 0.3 is 18.1 Å². The standard InChI is InChI=1S/C11H6F5NO3S/c1-19-9(18)7-3-6(21-11(14,15)16)2-5(4-17)8(7)20-10(12)13/h2-3,10H,1H3. The van der Waals surface area contributed by atoms with Gasteiger partial charge in [-0.15, -0.1) is 0 Å². The molecule has 10 heteroatoms. The molecule has 0 heterocycles. The second-order valence-corrected chi connectivity index (χ2v) is 4.52. The van der Waals surface area contributed by atoms with Gasteiger partial charge < -0.3 is 9.47 Å². The second kappa shape index (κ2) is 6.62. The van der Waals surface area contributed by atoms with Crippen molar-refractivity contribution in [2.24, 2.45) is 0 Å². The average Bonchev–Trinajstić information content (AvgIpc) is 2.36. The molecule has 0 N–H and O–H groups in total. The van der Waals surface area contributed by atoms with Gasteiger partial charge in [0.05, 0.1) is 12.7 Å². The number of methoxy groups -OCH3 is 1. The number of thioether (sulfide) groups is 1. The highest BCUT2D eigenvalue weighted by molar-refractivity contribution is 8.00. The number of alkyl halides is 5. The Bertz CT molecular complexity index is 582. The minimum Gasteiger partial charge on any atom is -0.465 e. The Kier molecular flexibility index (Phi) is 5.37. The van der Waals surface area contributed by atoms with Crippen molar-refractivity contribution in [1.29, 1.82) is 5.26 Å². The molecular formula is C11H6F5NO3S. The number of carbonyl (C=O) groups is 1. The number of esters is 1. The molecule has 114 valence electrons.